The summed E-state index contributed by atoms with van der Waals surface area (Å²) in [6, 6.07) is 8.17. The summed E-state index contributed by atoms with van der Waals surface area (Å²) in [4.78, 5) is 11.9. The molecule has 3 rings (SSSR count). The van der Waals surface area contributed by atoms with Crippen LogP contribution in [0.15, 0.2) is 36.7 Å². The summed E-state index contributed by atoms with van der Waals surface area (Å²) >= 11 is 0. The molecule has 98 valence electrons. The first-order valence-electron chi connectivity index (χ1n) is 6.36. The van der Waals surface area contributed by atoms with Gasteiger partial charge in [0.05, 0.1) is 17.9 Å². The lowest BCUT2D eigenvalue weighted by Crippen LogP contribution is -2.31. The van der Waals surface area contributed by atoms with Gasteiger partial charge >= 0.3 is 6.03 Å². The SMILES string of the molecule is Cn1cc(NC(=O)N[C@@H]2CCc3ccccc32)cn1. The lowest BCUT2D eigenvalue weighted by Gasteiger charge is -2.14. The van der Waals surface area contributed by atoms with Gasteiger partial charge in [-0.15, -0.1) is 0 Å². The monoisotopic (exact) mass is 256 g/mol. The zero-order valence-corrected chi connectivity index (χ0v) is 10.8. The molecule has 5 nitrogen and oxygen atoms in total. The highest BCUT2D eigenvalue weighted by molar-refractivity contribution is 5.89. The zero-order chi connectivity index (χ0) is 13.2. The summed E-state index contributed by atoms with van der Waals surface area (Å²) in [5.74, 6) is 0. The Balaban J connectivity index is 1.65. The third kappa shape index (κ3) is 2.45. The second-order valence-corrected chi connectivity index (χ2v) is 4.79. The Labute approximate surface area is 111 Å². The summed E-state index contributed by atoms with van der Waals surface area (Å²) in [5, 5.41) is 9.80. The first-order valence-corrected chi connectivity index (χ1v) is 6.36. The molecule has 1 aliphatic rings. The molecule has 0 radical (unpaired) electrons. The van der Waals surface area contributed by atoms with Gasteiger partial charge < -0.3 is 10.6 Å². The Hall–Kier alpha value is -2.30. The number of carbonyl (C=O) groups excluding carboxylic acids is 1. The number of hydrogen-bond donors (Lipinski definition) is 2. The highest BCUT2D eigenvalue weighted by Crippen LogP contribution is 2.30. The van der Waals surface area contributed by atoms with Gasteiger partial charge in [0.25, 0.3) is 0 Å². The van der Waals surface area contributed by atoms with Crippen molar-refractivity contribution in [3.8, 4) is 0 Å². The van der Waals surface area contributed by atoms with Crippen molar-refractivity contribution in [2.45, 2.75) is 18.9 Å². The Morgan fingerprint density at radius 1 is 1.42 bits per heavy atom. The molecule has 1 aliphatic carbocycles. The lowest BCUT2D eigenvalue weighted by atomic mass is 10.1. The minimum atomic E-state index is -0.185. The van der Waals surface area contributed by atoms with Crippen LogP contribution in [-0.2, 0) is 13.5 Å². The second kappa shape index (κ2) is 4.76. The number of amides is 2. The largest absolute Gasteiger partial charge is 0.331 e. The fourth-order valence-corrected chi connectivity index (χ4v) is 2.52. The second-order valence-electron chi connectivity index (χ2n) is 4.79. The van der Waals surface area contributed by atoms with Gasteiger partial charge in [-0.1, -0.05) is 24.3 Å². The maximum atomic E-state index is 11.9. The lowest BCUT2D eigenvalue weighted by molar-refractivity contribution is 0.248. The van der Waals surface area contributed by atoms with Crippen LogP contribution in [0.2, 0.25) is 0 Å². The fraction of sp³-hybridized carbons (Fsp3) is 0.286. The Kier molecular flexibility index (Phi) is 2.95. The minimum Gasteiger partial charge on any atom is -0.331 e. The molecule has 0 unspecified atom stereocenters. The standard InChI is InChI=1S/C14H16N4O/c1-18-9-11(8-15-18)16-14(19)17-13-7-6-10-4-2-3-5-12(10)13/h2-5,8-9,13H,6-7H2,1H3,(H2,16,17,19)/t13-/m1/s1. The summed E-state index contributed by atoms with van der Waals surface area (Å²) in [7, 11) is 1.82. The van der Waals surface area contributed by atoms with Crippen LogP contribution in [-0.4, -0.2) is 15.8 Å². The van der Waals surface area contributed by atoms with Crippen molar-refractivity contribution in [1.82, 2.24) is 15.1 Å². The molecule has 2 N–H and O–H groups in total. The van der Waals surface area contributed by atoms with E-state index in [1.54, 1.807) is 17.1 Å². The van der Waals surface area contributed by atoms with Gasteiger partial charge in [0.15, 0.2) is 0 Å². The number of nitrogens with zero attached hydrogens (tertiary/aromatic N) is 2. The molecule has 0 fully saturated rings. The van der Waals surface area contributed by atoms with Crippen molar-refractivity contribution in [2.75, 3.05) is 5.32 Å². The van der Waals surface area contributed by atoms with E-state index in [0.29, 0.717) is 5.69 Å². The van der Waals surface area contributed by atoms with Crippen LogP contribution in [0.1, 0.15) is 23.6 Å². The number of aromatic nitrogens is 2. The summed E-state index contributed by atoms with van der Waals surface area (Å²) in [6.45, 7) is 0. The fourth-order valence-electron chi connectivity index (χ4n) is 2.52. The van der Waals surface area contributed by atoms with Crippen LogP contribution >= 0.6 is 0 Å². The smallest absolute Gasteiger partial charge is 0.319 e. The number of hydrogen-bond acceptors (Lipinski definition) is 2. The third-order valence-electron chi connectivity index (χ3n) is 3.40. The van der Waals surface area contributed by atoms with E-state index >= 15 is 0 Å². The molecule has 1 aromatic heterocycles. The highest BCUT2D eigenvalue weighted by atomic mass is 16.2. The van der Waals surface area contributed by atoms with E-state index in [1.165, 1.54) is 11.1 Å². The molecule has 1 atom stereocenters. The maximum absolute atomic E-state index is 11.9. The number of fused-ring (bicyclic) bond motifs is 1. The first-order chi connectivity index (χ1) is 9.22. The number of carbonyl (C=O) groups is 1. The summed E-state index contributed by atoms with van der Waals surface area (Å²) in [5.41, 5.74) is 3.25. The van der Waals surface area contributed by atoms with E-state index < -0.39 is 0 Å². The number of urea groups is 1. The number of nitrogens with one attached hydrogen (secondary N) is 2. The van der Waals surface area contributed by atoms with Crippen molar-refractivity contribution < 1.29 is 4.79 Å². The summed E-state index contributed by atoms with van der Waals surface area (Å²) < 4.78 is 1.65. The average molecular weight is 256 g/mol. The van der Waals surface area contributed by atoms with Crippen LogP contribution in [0.4, 0.5) is 10.5 Å². The summed E-state index contributed by atoms with van der Waals surface area (Å²) in [6.07, 6.45) is 5.37. The Morgan fingerprint density at radius 2 is 2.26 bits per heavy atom. The van der Waals surface area contributed by atoms with Gasteiger partial charge in [0.2, 0.25) is 0 Å². The van der Waals surface area contributed by atoms with Crippen LogP contribution in [0.5, 0.6) is 0 Å². The van der Waals surface area contributed by atoms with E-state index in [2.05, 4.69) is 27.9 Å². The van der Waals surface area contributed by atoms with Crippen molar-refractivity contribution in [1.29, 1.82) is 0 Å². The molecule has 1 heterocycles. The Morgan fingerprint density at radius 3 is 3.05 bits per heavy atom. The molecule has 0 bridgehead atoms. The van der Waals surface area contributed by atoms with Crippen molar-refractivity contribution in [2.24, 2.45) is 7.05 Å². The average Bonchev–Trinajstić information content (AvgIpc) is 2.97. The number of anilines is 1. The van der Waals surface area contributed by atoms with E-state index in [1.807, 2.05) is 19.2 Å². The van der Waals surface area contributed by atoms with Gasteiger partial charge in [0, 0.05) is 13.2 Å². The molecule has 5 heteroatoms. The molecule has 1 aromatic carbocycles. The molecular formula is C14H16N4O. The van der Waals surface area contributed by atoms with Crippen LogP contribution in [0.3, 0.4) is 0 Å². The predicted octanol–water partition coefficient (Wildman–Crippen LogP) is 2.23. The molecule has 0 saturated carbocycles. The molecule has 2 aromatic rings. The van der Waals surface area contributed by atoms with Gasteiger partial charge in [-0.05, 0) is 24.0 Å². The van der Waals surface area contributed by atoms with Crippen molar-refractivity contribution >= 4 is 11.7 Å². The van der Waals surface area contributed by atoms with Crippen LogP contribution in [0, 0.1) is 0 Å². The molecule has 0 spiro atoms. The number of benzene rings is 1. The molecule has 2 amide bonds. The van der Waals surface area contributed by atoms with Gasteiger partial charge in [-0.3, -0.25) is 4.68 Å². The Bertz CT molecular complexity index is 605. The third-order valence-corrected chi connectivity index (χ3v) is 3.40. The maximum Gasteiger partial charge on any atom is 0.319 e. The van der Waals surface area contributed by atoms with Crippen LogP contribution in [0.25, 0.3) is 0 Å². The first kappa shape index (κ1) is 11.8. The van der Waals surface area contributed by atoms with E-state index in [9.17, 15) is 4.79 Å². The predicted molar refractivity (Wildman–Crippen MR) is 72.9 cm³/mol. The van der Waals surface area contributed by atoms with E-state index in [0.717, 1.165) is 12.8 Å². The van der Waals surface area contributed by atoms with Gasteiger partial charge in [-0.2, -0.15) is 5.10 Å². The molecule has 19 heavy (non-hydrogen) atoms. The number of rotatable bonds is 2. The quantitative estimate of drug-likeness (QED) is 0.865. The van der Waals surface area contributed by atoms with E-state index in [4.69, 9.17) is 0 Å². The molecule has 0 aliphatic heterocycles. The van der Waals surface area contributed by atoms with E-state index in [-0.39, 0.29) is 12.1 Å². The minimum absolute atomic E-state index is 0.105. The molecular weight excluding hydrogens is 240 g/mol. The van der Waals surface area contributed by atoms with Crippen LogP contribution < -0.4 is 10.6 Å². The highest BCUT2D eigenvalue weighted by Gasteiger charge is 2.23. The van der Waals surface area contributed by atoms with Gasteiger partial charge in [-0.25, -0.2) is 4.79 Å². The van der Waals surface area contributed by atoms with Crippen molar-refractivity contribution in [3.05, 3.63) is 47.8 Å². The topological polar surface area (TPSA) is 59.0 Å². The molecule has 0 saturated heterocycles. The van der Waals surface area contributed by atoms with Crippen molar-refractivity contribution in [3.63, 3.8) is 0 Å². The number of aryl methyl sites for hydroxylation is 2. The normalized spacial score (nSPS) is 17.0. The van der Waals surface area contributed by atoms with Gasteiger partial charge in [0.1, 0.15) is 0 Å². The zero-order valence-electron chi connectivity index (χ0n) is 10.8.